The van der Waals surface area contributed by atoms with Gasteiger partial charge in [-0.3, -0.25) is 4.79 Å². The largest absolute Gasteiger partial charge is 0.460 e. The van der Waals surface area contributed by atoms with Gasteiger partial charge >= 0.3 is 0 Å². The molecule has 1 saturated carbocycles. The third kappa shape index (κ3) is 2.55. The Labute approximate surface area is 112 Å². The van der Waals surface area contributed by atoms with Crippen LogP contribution in [0.3, 0.4) is 0 Å². The number of furan rings is 1. The summed E-state index contributed by atoms with van der Waals surface area (Å²) < 4.78 is 5.79. The van der Waals surface area contributed by atoms with Crippen LogP contribution >= 0.6 is 0 Å². The maximum Gasteiger partial charge on any atom is 0.244 e. The van der Waals surface area contributed by atoms with E-state index in [2.05, 4.69) is 12.2 Å². The van der Waals surface area contributed by atoms with Crippen LogP contribution in [0.15, 0.2) is 34.8 Å². The van der Waals surface area contributed by atoms with Gasteiger partial charge in [-0.1, -0.05) is 25.1 Å². The number of carbonyl (C=O) groups excluding carboxylic acids is 1. The zero-order chi connectivity index (χ0) is 13.2. The second-order valence-corrected chi connectivity index (χ2v) is 4.90. The molecule has 0 aliphatic heterocycles. The van der Waals surface area contributed by atoms with Crippen molar-refractivity contribution in [2.24, 2.45) is 0 Å². The Morgan fingerprint density at radius 1 is 1.42 bits per heavy atom. The molecule has 0 spiro atoms. The van der Waals surface area contributed by atoms with Crippen molar-refractivity contribution in [3.63, 3.8) is 0 Å². The number of hydrogen-bond donors (Lipinski definition) is 1. The van der Waals surface area contributed by atoms with Crippen LogP contribution in [0.4, 0.5) is 0 Å². The van der Waals surface area contributed by atoms with Gasteiger partial charge < -0.3 is 9.73 Å². The normalized spacial score (nSPS) is 15.2. The predicted molar refractivity (Wildman–Crippen MR) is 75.8 cm³/mol. The smallest absolute Gasteiger partial charge is 0.244 e. The summed E-state index contributed by atoms with van der Waals surface area (Å²) in [5.41, 5.74) is 1.89. The van der Waals surface area contributed by atoms with Gasteiger partial charge in [0.2, 0.25) is 5.91 Å². The van der Waals surface area contributed by atoms with Gasteiger partial charge in [-0.05, 0) is 25.0 Å². The quantitative estimate of drug-likeness (QED) is 0.852. The lowest BCUT2D eigenvalue weighted by Gasteiger charge is -1.97. The fraction of sp³-hybridized carbons (Fsp3) is 0.312. The maximum absolute atomic E-state index is 11.7. The Hall–Kier alpha value is -2.03. The molecule has 1 N–H and O–H groups in total. The highest BCUT2D eigenvalue weighted by atomic mass is 16.3. The van der Waals surface area contributed by atoms with Crippen molar-refractivity contribution in [3.05, 3.63) is 41.7 Å². The molecule has 0 atom stereocenters. The zero-order valence-corrected chi connectivity index (χ0v) is 11.0. The lowest BCUT2D eigenvalue weighted by Crippen LogP contribution is -2.22. The summed E-state index contributed by atoms with van der Waals surface area (Å²) in [5, 5.41) is 4.01. The topological polar surface area (TPSA) is 42.2 Å². The number of aryl methyl sites for hydroxylation is 1. The van der Waals surface area contributed by atoms with E-state index in [0.29, 0.717) is 6.04 Å². The molecule has 19 heavy (non-hydrogen) atoms. The molecule has 3 heteroatoms. The monoisotopic (exact) mass is 255 g/mol. The van der Waals surface area contributed by atoms with Gasteiger partial charge in [0.15, 0.2) is 0 Å². The van der Waals surface area contributed by atoms with E-state index >= 15 is 0 Å². The SMILES string of the molecule is CCc1oc2ccccc2c1/C=C/C(=O)NC1CC1. The van der Waals surface area contributed by atoms with Crippen LogP contribution in [0, 0.1) is 0 Å². The van der Waals surface area contributed by atoms with Crippen LogP contribution < -0.4 is 5.32 Å². The van der Waals surface area contributed by atoms with Crippen LogP contribution in [-0.4, -0.2) is 11.9 Å². The van der Waals surface area contributed by atoms with Crippen LogP contribution in [0.2, 0.25) is 0 Å². The highest BCUT2D eigenvalue weighted by molar-refractivity contribution is 5.96. The molecule has 0 saturated heterocycles. The lowest BCUT2D eigenvalue weighted by molar-refractivity contribution is -0.116. The van der Waals surface area contributed by atoms with E-state index in [1.807, 2.05) is 30.3 Å². The third-order valence-electron chi connectivity index (χ3n) is 3.36. The van der Waals surface area contributed by atoms with Crippen molar-refractivity contribution in [3.8, 4) is 0 Å². The van der Waals surface area contributed by atoms with Crippen LogP contribution in [-0.2, 0) is 11.2 Å². The van der Waals surface area contributed by atoms with Crippen molar-refractivity contribution in [1.82, 2.24) is 5.32 Å². The molecule has 2 aromatic rings. The van der Waals surface area contributed by atoms with Crippen LogP contribution in [0.5, 0.6) is 0 Å². The first-order valence-electron chi connectivity index (χ1n) is 6.77. The number of para-hydroxylation sites is 1. The molecular weight excluding hydrogens is 238 g/mol. The average Bonchev–Trinajstić information content (AvgIpc) is 3.15. The van der Waals surface area contributed by atoms with Crippen molar-refractivity contribution >= 4 is 23.0 Å². The van der Waals surface area contributed by atoms with E-state index in [9.17, 15) is 4.79 Å². The minimum atomic E-state index is -0.0187. The molecule has 1 amide bonds. The maximum atomic E-state index is 11.7. The first-order chi connectivity index (χ1) is 9.28. The molecule has 3 rings (SSSR count). The Kier molecular flexibility index (Phi) is 3.11. The molecule has 0 unspecified atom stereocenters. The Morgan fingerprint density at radius 2 is 2.21 bits per heavy atom. The second-order valence-electron chi connectivity index (χ2n) is 4.90. The second kappa shape index (κ2) is 4.92. The fourth-order valence-electron chi connectivity index (χ4n) is 2.20. The summed E-state index contributed by atoms with van der Waals surface area (Å²) in [6.45, 7) is 2.05. The van der Waals surface area contributed by atoms with Gasteiger partial charge in [0.1, 0.15) is 11.3 Å². The molecule has 1 aliphatic carbocycles. The van der Waals surface area contributed by atoms with Crippen LogP contribution in [0.25, 0.3) is 17.0 Å². The minimum Gasteiger partial charge on any atom is -0.460 e. The molecule has 3 nitrogen and oxygen atoms in total. The van der Waals surface area contributed by atoms with Gasteiger partial charge in [-0.25, -0.2) is 0 Å². The van der Waals surface area contributed by atoms with E-state index in [0.717, 1.165) is 41.6 Å². The number of hydrogen-bond acceptors (Lipinski definition) is 2. The van der Waals surface area contributed by atoms with E-state index < -0.39 is 0 Å². The van der Waals surface area contributed by atoms with Crippen LogP contribution in [0.1, 0.15) is 31.1 Å². The van der Waals surface area contributed by atoms with Gasteiger partial charge in [0.25, 0.3) is 0 Å². The molecule has 1 fully saturated rings. The van der Waals surface area contributed by atoms with Crippen molar-refractivity contribution < 1.29 is 9.21 Å². The predicted octanol–water partition coefficient (Wildman–Crippen LogP) is 3.29. The molecule has 1 aromatic heterocycles. The third-order valence-corrected chi connectivity index (χ3v) is 3.36. The summed E-state index contributed by atoms with van der Waals surface area (Å²) in [7, 11) is 0. The molecule has 98 valence electrons. The highest BCUT2D eigenvalue weighted by Crippen LogP contribution is 2.27. The summed E-state index contributed by atoms with van der Waals surface area (Å²) in [6.07, 6.45) is 6.50. The van der Waals surface area contributed by atoms with Crippen molar-refractivity contribution in [1.29, 1.82) is 0 Å². The minimum absolute atomic E-state index is 0.0187. The van der Waals surface area contributed by atoms with Crippen molar-refractivity contribution in [2.45, 2.75) is 32.2 Å². The molecule has 1 aliphatic rings. The van der Waals surface area contributed by atoms with Gasteiger partial charge in [-0.15, -0.1) is 0 Å². The zero-order valence-electron chi connectivity index (χ0n) is 11.0. The van der Waals surface area contributed by atoms with Gasteiger partial charge in [0.05, 0.1) is 0 Å². The molecule has 1 aromatic carbocycles. The standard InChI is InChI=1S/C16H17NO2/c1-2-14-13(9-10-16(18)17-11-7-8-11)12-5-3-4-6-15(12)19-14/h3-6,9-11H,2,7-8H2,1H3,(H,17,18)/b10-9+. The lowest BCUT2D eigenvalue weighted by atomic mass is 10.1. The molecule has 0 radical (unpaired) electrons. The first kappa shape index (κ1) is 12.0. The summed E-state index contributed by atoms with van der Waals surface area (Å²) in [6, 6.07) is 8.31. The van der Waals surface area contributed by atoms with E-state index in [-0.39, 0.29) is 5.91 Å². The first-order valence-corrected chi connectivity index (χ1v) is 6.77. The summed E-state index contributed by atoms with van der Waals surface area (Å²) in [5.74, 6) is 0.909. The summed E-state index contributed by atoms with van der Waals surface area (Å²) in [4.78, 5) is 11.7. The average molecular weight is 255 g/mol. The molecule has 0 bridgehead atoms. The number of benzene rings is 1. The van der Waals surface area contributed by atoms with Gasteiger partial charge in [-0.2, -0.15) is 0 Å². The van der Waals surface area contributed by atoms with Gasteiger partial charge in [0, 0.05) is 29.5 Å². The van der Waals surface area contributed by atoms with E-state index in [1.54, 1.807) is 6.08 Å². The highest BCUT2D eigenvalue weighted by Gasteiger charge is 2.22. The number of rotatable bonds is 4. The molecule has 1 heterocycles. The Bertz CT molecular complexity index is 635. The molecular formula is C16H17NO2. The fourth-order valence-corrected chi connectivity index (χ4v) is 2.20. The van der Waals surface area contributed by atoms with Crippen molar-refractivity contribution in [2.75, 3.05) is 0 Å². The Morgan fingerprint density at radius 3 is 2.95 bits per heavy atom. The summed E-state index contributed by atoms with van der Waals surface area (Å²) >= 11 is 0. The Balaban J connectivity index is 1.89. The van der Waals surface area contributed by atoms with E-state index in [1.165, 1.54) is 0 Å². The number of amides is 1. The number of fused-ring (bicyclic) bond motifs is 1. The number of nitrogens with one attached hydrogen (secondary N) is 1. The number of carbonyl (C=O) groups is 1. The van der Waals surface area contributed by atoms with E-state index in [4.69, 9.17) is 4.42 Å².